The minimum Gasteiger partial charge on any atom is -0.398 e. The monoisotopic (exact) mass is 252 g/mol. The third kappa shape index (κ3) is 5.38. The number of hydrogen-bond donors (Lipinski definition) is 2. The van der Waals surface area contributed by atoms with Crippen molar-refractivity contribution in [3.8, 4) is 0 Å². The zero-order valence-corrected chi connectivity index (χ0v) is 11.4. The maximum Gasteiger partial charge on any atom is 0.0700 e. The fourth-order valence-corrected chi connectivity index (χ4v) is 1.64. The lowest BCUT2D eigenvalue weighted by atomic mass is 10.1. The molecule has 4 nitrogen and oxygen atoms in total. The number of anilines is 2. The zero-order valence-electron chi connectivity index (χ0n) is 11.4. The third-order valence-corrected chi connectivity index (χ3v) is 2.84. The molecule has 0 aliphatic carbocycles. The van der Waals surface area contributed by atoms with E-state index in [9.17, 15) is 0 Å². The molecule has 1 aromatic rings. The average molecular weight is 252 g/mol. The van der Waals surface area contributed by atoms with E-state index in [1.54, 1.807) is 7.11 Å². The summed E-state index contributed by atoms with van der Waals surface area (Å²) in [6.07, 6.45) is 2.14. The highest BCUT2D eigenvalue weighted by Gasteiger charge is 1.99. The lowest BCUT2D eigenvalue weighted by molar-refractivity contribution is 0.0691. The molecule has 0 saturated carbocycles. The predicted molar refractivity (Wildman–Crippen MR) is 76.0 cm³/mol. The van der Waals surface area contributed by atoms with Crippen molar-refractivity contribution >= 4 is 11.4 Å². The van der Waals surface area contributed by atoms with Crippen LogP contribution in [0.3, 0.4) is 0 Å². The first-order valence-corrected chi connectivity index (χ1v) is 6.41. The second kappa shape index (κ2) is 8.78. The first kappa shape index (κ1) is 14.8. The summed E-state index contributed by atoms with van der Waals surface area (Å²) >= 11 is 0. The van der Waals surface area contributed by atoms with E-state index in [-0.39, 0.29) is 0 Å². The number of nitrogens with one attached hydrogen (secondary N) is 1. The number of rotatable bonds is 9. The molecular weight excluding hydrogens is 228 g/mol. The van der Waals surface area contributed by atoms with Gasteiger partial charge in [0.2, 0.25) is 0 Å². The normalized spacial score (nSPS) is 10.6. The van der Waals surface area contributed by atoms with Gasteiger partial charge in [0.05, 0.1) is 13.2 Å². The molecule has 0 spiro atoms. The molecule has 0 fully saturated rings. The van der Waals surface area contributed by atoms with Crippen LogP contribution < -0.4 is 11.1 Å². The maximum atomic E-state index is 5.85. The number of methoxy groups -OCH3 is 1. The van der Waals surface area contributed by atoms with E-state index in [2.05, 4.69) is 11.4 Å². The lowest BCUT2D eigenvalue weighted by Gasteiger charge is -2.11. The van der Waals surface area contributed by atoms with Crippen molar-refractivity contribution in [2.45, 2.75) is 19.8 Å². The summed E-state index contributed by atoms with van der Waals surface area (Å²) in [4.78, 5) is 0. The van der Waals surface area contributed by atoms with E-state index in [1.807, 2.05) is 19.1 Å². The number of nitrogen functional groups attached to an aromatic ring is 1. The molecule has 18 heavy (non-hydrogen) atoms. The van der Waals surface area contributed by atoms with Crippen molar-refractivity contribution in [3.05, 3.63) is 23.8 Å². The molecule has 1 rings (SSSR count). The van der Waals surface area contributed by atoms with Crippen molar-refractivity contribution in [1.29, 1.82) is 0 Å². The van der Waals surface area contributed by atoms with Gasteiger partial charge in [-0.05, 0) is 37.5 Å². The van der Waals surface area contributed by atoms with Crippen LogP contribution >= 0.6 is 0 Å². The minimum absolute atomic E-state index is 0.667. The van der Waals surface area contributed by atoms with Crippen LogP contribution in [0.25, 0.3) is 0 Å². The number of nitrogens with two attached hydrogens (primary N) is 1. The average Bonchev–Trinajstić information content (AvgIpc) is 2.37. The Balaban J connectivity index is 2.09. The smallest absolute Gasteiger partial charge is 0.0700 e. The SMILES string of the molecule is COCCOCCCCNc1cccc(N)c1C. The Morgan fingerprint density at radius 3 is 2.78 bits per heavy atom. The van der Waals surface area contributed by atoms with Crippen molar-refractivity contribution in [3.63, 3.8) is 0 Å². The summed E-state index contributed by atoms with van der Waals surface area (Å²) in [7, 11) is 1.68. The maximum absolute atomic E-state index is 5.85. The van der Waals surface area contributed by atoms with Gasteiger partial charge in [-0.3, -0.25) is 0 Å². The Morgan fingerprint density at radius 1 is 1.17 bits per heavy atom. The molecule has 0 saturated heterocycles. The van der Waals surface area contributed by atoms with Crippen LogP contribution in [0.2, 0.25) is 0 Å². The molecule has 0 aromatic heterocycles. The highest BCUT2D eigenvalue weighted by Crippen LogP contribution is 2.20. The van der Waals surface area contributed by atoms with Gasteiger partial charge in [0.15, 0.2) is 0 Å². The van der Waals surface area contributed by atoms with Crippen molar-refractivity contribution in [2.24, 2.45) is 0 Å². The quantitative estimate of drug-likeness (QED) is 0.523. The molecule has 0 amide bonds. The van der Waals surface area contributed by atoms with E-state index in [4.69, 9.17) is 15.2 Å². The Kier molecular flexibility index (Phi) is 7.22. The van der Waals surface area contributed by atoms with Crippen LogP contribution in [-0.2, 0) is 9.47 Å². The number of ether oxygens (including phenoxy) is 2. The predicted octanol–water partition coefficient (Wildman–Crippen LogP) is 2.43. The van der Waals surface area contributed by atoms with Gasteiger partial charge < -0.3 is 20.5 Å². The van der Waals surface area contributed by atoms with E-state index in [0.717, 1.165) is 42.9 Å². The second-order valence-electron chi connectivity index (χ2n) is 4.26. The minimum atomic E-state index is 0.667. The molecule has 4 heteroatoms. The van der Waals surface area contributed by atoms with E-state index in [1.165, 1.54) is 0 Å². The van der Waals surface area contributed by atoms with Crippen LogP contribution in [0.1, 0.15) is 18.4 Å². The summed E-state index contributed by atoms with van der Waals surface area (Å²) < 4.78 is 10.3. The van der Waals surface area contributed by atoms with Gasteiger partial charge >= 0.3 is 0 Å². The van der Waals surface area contributed by atoms with Gasteiger partial charge in [-0.15, -0.1) is 0 Å². The van der Waals surface area contributed by atoms with Gasteiger partial charge in [0, 0.05) is 31.6 Å². The molecule has 0 aliphatic heterocycles. The van der Waals surface area contributed by atoms with Gasteiger partial charge in [-0.25, -0.2) is 0 Å². The van der Waals surface area contributed by atoms with Gasteiger partial charge in [0.25, 0.3) is 0 Å². The van der Waals surface area contributed by atoms with Crippen molar-refractivity contribution in [1.82, 2.24) is 0 Å². The second-order valence-corrected chi connectivity index (χ2v) is 4.26. The fraction of sp³-hybridized carbons (Fsp3) is 0.571. The molecule has 0 radical (unpaired) electrons. The third-order valence-electron chi connectivity index (χ3n) is 2.84. The topological polar surface area (TPSA) is 56.5 Å². The molecule has 0 bridgehead atoms. The standard InChI is InChI=1S/C14H24N2O2/c1-12-13(15)6-5-7-14(12)16-8-3-4-9-18-11-10-17-2/h5-7,16H,3-4,8-11,15H2,1-2H3. The molecule has 0 unspecified atom stereocenters. The molecule has 3 N–H and O–H groups in total. The largest absolute Gasteiger partial charge is 0.398 e. The number of hydrogen-bond acceptors (Lipinski definition) is 4. The summed E-state index contributed by atoms with van der Waals surface area (Å²) in [5.41, 5.74) is 8.92. The Labute approximate surface area is 109 Å². The van der Waals surface area contributed by atoms with Crippen LogP contribution in [-0.4, -0.2) is 33.5 Å². The zero-order chi connectivity index (χ0) is 13.2. The first-order chi connectivity index (χ1) is 8.75. The summed E-state index contributed by atoms with van der Waals surface area (Å²) in [5.74, 6) is 0. The molecule has 0 heterocycles. The molecule has 0 aliphatic rings. The van der Waals surface area contributed by atoms with E-state index >= 15 is 0 Å². The molecule has 1 aromatic carbocycles. The van der Waals surface area contributed by atoms with Crippen LogP contribution in [0.15, 0.2) is 18.2 Å². The molecular formula is C14H24N2O2. The van der Waals surface area contributed by atoms with Gasteiger partial charge in [-0.1, -0.05) is 6.07 Å². The Morgan fingerprint density at radius 2 is 2.00 bits per heavy atom. The summed E-state index contributed by atoms with van der Waals surface area (Å²) in [6.45, 7) is 5.11. The number of unbranched alkanes of at least 4 members (excludes halogenated alkanes) is 1. The van der Waals surface area contributed by atoms with E-state index in [0.29, 0.717) is 13.2 Å². The highest BCUT2D eigenvalue weighted by atomic mass is 16.5. The van der Waals surface area contributed by atoms with Gasteiger partial charge in [0.1, 0.15) is 0 Å². The summed E-state index contributed by atoms with van der Waals surface area (Å²) in [6, 6.07) is 5.95. The van der Waals surface area contributed by atoms with Crippen LogP contribution in [0.4, 0.5) is 11.4 Å². The van der Waals surface area contributed by atoms with Crippen LogP contribution in [0, 0.1) is 6.92 Å². The molecule has 102 valence electrons. The highest BCUT2D eigenvalue weighted by molar-refractivity contribution is 5.62. The van der Waals surface area contributed by atoms with Crippen molar-refractivity contribution < 1.29 is 9.47 Å². The Hall–Kier alpha value is -1.26. The Bertz CT molecular complexity index is 343. The van der Waals surface area contributed by atoms with Crippen molar-refractivity contribution in [2.75, 3.05) is 44.5 Å². The lowest BCUT2D eigenvalue weighted by Crippen LogP contribution is -2.07. The van der Waals surface area contributed by atoms with E-state index < -0.39 is 0 Å². The first-order valence-electron chi connectivity index (χ1n) is 6.41. The fourth-order valence-electron chi connectivity index (χ4n) is 1.64. The van der Waals surface area contributed by atoms with Gasteiger partial charge in [-0.2, -0.15) is 0 Å². The number of benzene rings is 1. The molecule has 0 atom stereocenters. The van der Waals surface area contributed by atoms with Crippen LogP contribution in [0.5, 0.6) is 0 Å². The summed E-state index contributed by atoms with van der Waals surface area (Å²) in [5, 5.41) is 3.40.